The summed E-state index contributed by atoms with van der Waals surface area (Å²) in [6, 6.07) is 8.24. The molecule has 0 bridgehead atoms. The van der Waals surface area contributed by atoms with E-state index in [0.717, 1.165) is 30.4 Å². The second kappa shape index (κ2) is 4.32. The molecule has 1 saturated heterocycles. The van der Waals surface area contributed by atoms with Crippen LogP contribution >= 0.6 is 15.9 Å². The van der Waals surface area contributed by atoms with Crippen molar-refractivity contribution in [3.8, 4) is 0 Å². The molecule has 1 aliphatic rings. The van der Waals surface area contributed by atoms with Crippen LogP contribution in [0.2, 0.25) is 0 Å². The number of halogens is 1. The van der Waals surface area contributed by atoms with Crippen LogP contribution < -0.4 is 4.90 Å². The van der Waals surface area contributed by atoms with Gasteiger partial charge in [0.25, 0.3) is 0 Å². The first-order valence-corrected chi connectivity index (χ1v) is 5.74. The van der Waals surface area contributed by atoms with Gasteiger partial charge in [-0.3, -0.25) is 0 Å². The van der Waals surface area contributed by atoms with Crippen molar-refractivity contribution in [1.82, 2.24) is 0 Å². The number of hydrogen-bond acceptors (Lipinski definition) is 2. The lowest BCUT2D eigenvalue weighted by molar-refractivity contribution is 0.145. The van der Waals surface area contributed by atoms with Crippen LogP contribution in [-0.2, 0) is 0 Å². The molecule has 0 atom stereocenters. The maximum absolute atomic E-state index is 9.40. The van der Waals surface area contributed by atoms with Crippen molar-refractivity contribution in [2.75, 3.05) is 18.0 Å². The minimum absolute atomic E-state index is 0.103. The fourth-order valence-corrected chi connectivity index (χ4v) is 2.35. The largest absolute Gasteiger partial charge is 0.393 e. The molecule has 1 aromatic carbocycles. The lowest BCUT2D eigenvalue weighted by atomic mass is 10.1. The average molecular weight is 256 g/mol. The number of piperidine rings is 1. The Morgan fingerprint density at radius 1 is 1.21 bits per heavy atom. The lowest BCUT2D eigenvalue weighted by Gasteiger charge is -2.32. The topological polar surface area (TPSA) is 23.5 Å². The van der Waals surface area contributed by atoms with Gasteiger partial charge in [-0.2, -0.15) is 0 Å². The Balaban J connectivity index is 2.12. The second-order valence-electron chi connectivity index (χ2n) is 3.67. The molecule has 0 saturated carbocycles. The molecular formula is C11H14BrNO. The number of para-hydroxylation sites is 1. The van der Waals surface area contributed by atoms with E-state index in [0.29, 0.717) is 0 Å². The Kier molecular flexibility index (Phi) is 3.08. The molecule has 1 heterocycles. The van der Waals surface area contributed by atoms with Crippen LogP contribution in [0.4, 0.5) is 5.69 Å². The molecule has 0 radical (unpaired) electrons. The maximum Gasteiger partial charge on any atom is 0.0574 e. The summed E-state index contributed by atoms with van der Waals surface area (Å²) in [5.41, 5.74) is 1.24. The van der Waals surface area contributed by atoms with Gasteiger partial charge in [0.05, 0.1) is 11.8 Å². The molecule has 1 aliphatic heterocycles. The second-order valence-corrected chi connectivity index (χ2v) is 4.52. The molecular weight excluding hydrogens is 242 g/mol. The van der Waals surface area contributed by atoms with Crippen LogP contribution in [0.1, 0.15) is 12.8 Å². The van der Waals surface area contributed by atoms with Crippen molar-refractivity contribution in [2.24, 2.45) is 0 Å². The summed E-state index contributed by atoms with van der Waals surface area (Å²) in [6.07, 6.45) is 1.65. The minimum Gasteiger partial charge on any atom is -0.393 e. The summed E-state index contributed by atoms with van der Waals surface area (Å²) in [7, 11) is 0. The summed E-state index contributed by atoms with van der Waals surface area (Å²) < 4.78 is 1.14. The highest BCUT2D eigenvalue weighted by molar-refractivity contribution is 9.10. The van der Waals surface area contributed by atoms with E-state index in [1.807, 2.05) is 12.1 Å². The smallest absolute Gasteiger partial charge is 0.0574 e. The fourth-order valence-electron chi connectivity index (χ4n) is 1.81. The van der Waals surface area contributed by atoms with E-state index < -0.39 is 0 Å². The standard InChI is InChI=1S/C11H14BrNO/c12-10-3-1-2-4-11(10)13-7-5-9(14)6-8-13/h1-4,9,14H,5-8H2. The Bertz CT molecular complexity index is 308. The zero-order valence-electron chi connectivity index (χ0n) is 7.99. The van der Waals surface area contributed by atoms with E-state index in [1.165, 1.54) is 5.69 Å². The molecule has 0 aromatic heterocycles. The molecule has 2 rings (SSSR count). The highest BCUT2D eigenvalue weighted by Gasteiger charge is 2.18. The van der Waals surface area contributed by atoms with Gasteiger partial charge in [0.1, 0.15) is 0 Å². The van der Waals surface area contributed by atoms with Crippen LogP contribution in [0.3, 0.4) is 0 Å². The predicted molar refractivity (Wildman–Crippen MR) is 61.6 cm³/mol. The van der Waals surface area contributed by atoms with Crippen LogP contribution in [0.25, 0.3) is 0 Å². The van der Waals surface area contributed by atoms with Gasteiger partial charge in [-0.1, -0.05) is 12.1 Å². The Morgan fingerprint density at radius 3 is 2.50 bits per heavy atom. The van der Waals surface area contributed by atoms with E-state index in [4.69, 9.17) is 0 Å². The zero-order valence-corrected chi connectivity index (χ0v) is 9.57. The van der Waals surface area contributed by atoms with Crippen LogP contribution in [0.15, 0.2) is 28.7 Å². The van der Waals surface area contributed by atoms with Crippen LogP contribution in [0, 0.1) is 0 Å². The van der Waals surface area contributed by atoms with E-state index in [1.54, 1.807) is 0 Å². The first-order chi connectivity index (χ1) is 6.77. The molecule has 0 unspecified atom stereocenters. The van der Waals surface area contributed by atoms with E-state index in [9.17, 15) is 5.11 Å². The molecule has 1 aromatic rings. The van der Waals surface area contributed by atoms with Crippen LogP contribution in [0.5, 0.6) is 0 Å². The molecule has 14 heavy (non-hydrogen) atoms. The number of rotatable bonds is 1. The van der Waals surface area contributed by atoms with Crippen molar-refractivity contribution in [2.45, 2.75) is 18.9 Å². The van der Waals surface area contributed by atoms with E-state index in [-0.39, 0.29) is 6.10 Å². The van der Waals surface area contributed by atoms with Gasteiger partial charge in [0, 0.05) is 17.6 Å². The summed E-state index contributed by atoms with van der Waals surface area (Å²) >= 11 is 3.54. The highest BCUT2D eigenvalue weighted by Crippen LogP contribution is 2.27. The quantitative estimate of drug-likeness (QED) is 0.834. The van der Waals surface area contributed by atoms with Gasteiger partial charge >= 0.3 is 0 Å². The van der Waals surface area contributed by atoms with Crippen molar-refractivity contribution >= 4 is 21.6 Å². The Hall–Kier alpha value is -0.540. The van der Waals surface area contributed by atoms with Crippen LogP contribution in [-0.4, -0.2) is 24.3 Å². The molecule has 76 valence electrons. The van der Waals surface area contributed by atoms with Gasteiger partial charge in [-0.05, 0) is 40.9 Å². The zero-order chi connectivity index (χ0) is 9.97. The lowest BCUT2D eigenvalue weighted by Crippen LogP contribution is -2.35. The third-order valence-electron chi connectivity index (χ3n) is 2.66. The minimum atomic E-state index is -0.103. The SMILES string of the molecule is OC1CCN(c2ccccc2Br)CC1. The third-order valence-corrected chi connectivity index (χ3v) is 3.33. The van der Waals surface area contributed by atoms with Crippen molar-refractivity contribution in [1.29, 1.82) is 0 Å². The summed E-state index contributed by atoms with van der Waals surface area (Å²) in [4.78, 5) is 2.32. The van der Waals surface area contributed by atoms with Crippen molar-refractivity contribution in [3.05, 3.63) is 28.7 Å². The highest BCUT2D eigenvalue weighted by atomic mass is 79.9. The van der Waals surface area contributed by atoms with Crippen molar-refractivity contribution < 1.29 is 5.11 Å². The molecule has 3 heteroatoms. The number of hydrogen-bond donors (Lipinski definition) is 1. The maximum atomic E-state index is 9.40. The summed E-state index contributed by atoms with van der Waals surface area (Å²) in [6.45, 7) is 1.90. The van der Waals surface area contributed by atoms with Gasteiger partial charge in [-0.15, -0.1) is 0 Å². The molecule has 1 fully saturated rings. The van der Waals surface area contributed by atoms with E-state index >= 15 is 0 Å². The Morgan fingerprint density at radius 2 is 1.86 bits per heavy atom. The third kappa shape index (κ3) is 2.10. The van der Waals surface area contributed by atoms with Gasteiger partial charge < -0.3 is 10.0 Å². The summed E-state index contributed by atoms with van der Waals surface area (Å²) in [5, 5.41) is 9.40. The Labute approximate surface area is 92.7 Å². The number of anilines is 1. The summed E-state index contributed by atoms with van der Waals surface area (Å²) in [5.74, 6) is 0. The molecule has 0 spiro atoms. The number of aliphatic hydroxyl groups is 1. The van der Waals surface area contributed by atoms with Gasteiger partial charge in [0.2, 0.25) is 0 Å². The number of nitrogens with zero attached hydrogens (tertiary/aromatic N) is 1. The van der Waals surface area contributed by atoms with E-state index in [2.05, 4.69) is 33.0 Å². The predicted octanol–water partition coefficient (Wildman–Crippen LogP) is 2.41. The molecule has 0 amide bonds. The first-order valence-electron chi connectivity index (χ1n) is 4.95. The number of aliphatic hydroxyl groups excluding tert-OH is 1. The monoisotopic (exact) mass is 255 g/mol. The molecule has 2 nitrogen and oxygen atoms in total. The number of benzene rings is 1. The van der Waals surface area contributed by atoms with Gasteiger partial charge in [0.15, 0.2) is 0 Å². The normalized spacial score (nSPS) is 18.6. The van der Waals surface area contributed by atoms with Gasteiger partial charge in [-0.25, -0.2) is 0 Å². The first kappa shape index (κ1) is 9.99. The average Bonchev–Trinajstić information content (AvgIpc) is 2.20. The van der Waals surface area contributed by atoms with Crippen molar-refractivity contribution in [3.63, 3.8) is 0 Å². The molecule has 0 aliphatic carbocycles. The molecule has 1 N–H and O–H groups in total. The fraction of sp³-hybridized carbons (Fsp3) is 0.455.